The summed E-state index contributed by atoms with van der Waals surface area (Å²) < 4.78 is 10.7. The Kier molecular flexibility index (Phi) is 3.71. The van der Waals surface area contributed by atoms with Crippen molar-refractivity contribution in [3.05, 3.63) is 33.2 Å². The molecule has 21 heavy (non-hydrogen) atoms. The van der Waals surface area contributed by atoms with Crippen molar-refractivity contribution in [3.63, 3.8) is 0 Å². The van der Waals surface area contributed by atoms with Crippen LogP contribution in [0, 0.1) is 0 Å². The molecular formula is C15H17ClN2O2S. The second-order valence-corrected chi connectivity index (χ2v) is 7.44. The number of nitrogens with one attached hydrogen (secondary N) is 1. The summed E-state index contributed by atoms with van der Waals surface area (Å²) >= 11 is 7.96. The van der Waals surface area contributed by atoms with Crippen LogP contribution in [-0.2, 0) is 12.0 Å². The van der Waals surface area contributed by atoms with Crippen LogP contribution in [0.2, 0.25) is 5.02 Å². The zero-order valence-corrected chi connectivity index (χ0v) is 13.8. The van der Waals surface area contributed by atoms with Crippen LogP contribution in [0.5, 0.6) is 11.5 Å². The molecular weight excluding hydrogens is 308 g/mol. The molecule has 4 nitrogen and oxygen atoms in total. The van der Waals surface area contributed by atoms with Gasteiger partial charge < -0.3 is 14.8 Å². The summed E-state index contributed by atoms with van der Waals surface area (Å²) in [7, 11) is 0. The number of fused-ring (bicyclic) bond motifs is 1. The number of ether oxygens (including phenoxy) is 2. The van der Waals surface area contributed by atoms with Crippen molar-refractivity contribution >= 4 is 28.6 Å². The van der Waals surface area contributed by atoms with Crippen LogP contribution in [-0.4, -0.2) is 11.8 Å². The molecule has 0 fully saturated rings. The van der Waals surface area contributed by atoms with Gasteiger partial charge in [-0.05, 0) is 0 Å². The van der Waals surface area contributed by atoms with Crippen LogP contribution < -0.4 is 14.8 Å². The molecule has 1 aromatic heterocycles. The van der Waals surface area contributed by atoms with E-state index in [-0.39, 0.29) is 12.2 Å². The van der Waals surface area contributed by atoms with Crippen LogP contribution in [0.25, 0.3) is 0 Å². The van der Waals surface area contributed by atoms with Crippen molar-refractivity contribution in [3.8, 4) is 11.5 Å². The van der Waals surface area contributed by atoms with Gasteiger partial charge in [0, 0.05) is 28.6 Å². The second-order valence-electron chi connectivity index (χ2n) is 5.92. The van der Waals surface area contributed by atoms with Crippen molar-refractivity contribution in [1.29, 1.82) is 0 Å². The molecule has 1 N–H and O–H groups in total. The van der Waals surface area contributed by atoms with Crippen LogP contribution in [0.4, 0.5) is 5.69 Å². The van der Waals surface area contributed by atoms with Crippen LogP contribution in [0.3, 0.4) is 0 Å². The summed E-state index contributed by atoms with van der Waals surface area (Å²) in [6, 6.07) is 3.65. The molecule has 0 radical (unpaired) electrons. The first-order valence-corrected chi connectivity index (χ1v) is 7.91. The summed E-state index contributed by atoms with van der Waals surface area (Å²) in [5.41, 5.74) is 0.922. The van der Waals surface area contributed by atoms with Gasteiger partial charge in [0.25, 0.3) is 0 Å². The Bertz CT molecular complexity index is 664. The Morgan fingerprint density at radius 2 is 2.00 bits per heavy atom. The lowest BCUT2D eigenvalue weighted by Crippen LogP contribution is -2.09. The molecule has 0 spiro atoms. The van der Waals surface area contributed by atoms with E-state index in [1.165, 1.54) is 4.88 Å². The minimum Gasteiger partial charge on any atom is -0.454 e. The van der Waals surface area contributed by atoms with Gasteiger partial charge in [-0.3, -0.25) is 0 Å². The Balaban J connectivity index is 1.72. The van der Waals surface area contributed by atoms with E-state index in [1.54, 1.807) is 17.4 Å². The Morgan fingerprint density at radius 1 is 1.29 bits per heavy atom. The minimum absolute atomic E-state index is 0.0826. The highest BCUT2D eigenvalue weighted by Gasteiger charge is 2.19. The average molecular weight is 325 g/mol. The fourth-order valence-corrected chi connectivity index (χ4v) is 3.10. The quantitative estimate of drug-likeness (QED) is 0.906. The summed E-state index contributed by atoms with van der Waals surface area (Å²) in [4.78, 5) is 5.66. The van der Waals surface area contributed by atoms with Gasteiger partial charge >= 0.3 is 0 Å². The lowest BCUT2D eigenvalue weighted by molar-refractivity contribution is 0.174. The van der Waals surface area contributed by atoms with Crippen LogP contribution >= 0.6 is 22.9 Å². The van der Waals surface area contributed by atoms with Gasteiger partial charge in [-0.15, -0.1) is 11.3 Å². The predicted molar refractivity (Wildman–Crippen MR) is 85.7 cm³/mol. The second kappa shape index (κ2) is 5.39. The third-order valence-corrected chi connectivity index (χ3v) is 4.85. The summed E-state index contributed by atoms with van der Waals surface area (Å²) in [5.74, 6) is 1.42. The topological polar surface area (TPSA) is 43.4 Å². The highest BCUT2D eigenvalue weighted by Crippen LogP contribution is 2.39. The number of aromatic nitrogens is 1. The van der Waals surface area contributed by atoms with Crippen LogP contribution in [0.1, 0.15) is 30.7 Å². The lowest BCUT2D eigenvalue weighted by Gasteiger charge is -2.13. The number of halogens is 1. The molecule has 2 aromatic rings. The smallest absolute Gasteiger partial charge is 0.231 e. The fourth-order valence-electron chi connectivity index (χ4n) is 1.97. The molecule has 2 heterocycles. The number of thiazole rings is 1. The Hall–Kier alpha value is -1.46. The van der Waals surface area contributed by atoms with Crippen molar-refractivity contribution in [2.24, 2.45) is 0 Å². The molecule has 0 saturated heterocycles. The molecule has 0 atom stereocenters. The molecule has 6 heteroatoms. The highest BCUT2D eigenvalue weighted by molar-refractivity contribution is 7.11. The fraction of sp³-hybridized carbons (Fsp3) is 0.400. The maximum atomic E-state index is 6.24. The maximum absolute atomic E-state index is 6.24. The number of nitrogens with zero attached hydrogens (tertiary/aromatic N) is 1. The van der Waals surface area contributed by atoms with Gasteiger partial charge in [-0.1, -0.05) is 32.4 Å². The molecule has 0 amide bonds. The van der Waals surface area contributed by atoms with Crippen molar-refractivity contribution in [2.75, 3.05) is 12.1 Å². The molecule has 1 aromatic carbocycles. The molecule has 0 aliphatic carbocycles. The summed E-state index contributed by atoms with van der Waals surface area (Å²) in [5, 5.41) is 5.09. The SMILES string of the molecule is CC(C)(C)c1ncc(CNc2cc3c(cc2Cl)OCO3)s1. The minimum atomic E-state index is 0.0826. The predicted octanol–water partition coefficient (Wildman–Crippen LogP) is 4.43. The molecule has 112 valence electrons. The van der Waals surface area contributed by atoms with Gasteiger partial charge in [0.1, 0.15) is 0 Å². The number of hydrogen-bond acceptors (Lipinski definition) is 5. The van der Waals surface area contributed by atoms with E-state index in [0.717, 1.165) is 16.4 Å². The third kappa shape index (κ3) is 3.09. The third-order valence-electron chi connectivity index (χ3n) is 3.11. The Labute approximate surface area is 133 Å². The molecule has 0 bridgehead atoms. The summed E-state index contributed by atoms with van der Waals surface area (Å²) in [6.07, 6.45) is 1.92. The standard InChI is InChI=1S/C15H17ClN2O2S/c1-15(2,3)14-18-7-9(21-14)6-17-11-5-13-12(4-10(11)16)19-8-20-13/h4-5,7,17H,6,8H2,1-3H3. The monoisotopic (exact) mass is 324 g/mol. The zero-order valence-electron chi connectivity index (χ0n) is 12.2. The molecule has 1 aliphatic rings. The van der Waals surface area contributed by atoms with E-state index in [0.29, 0.717) is 17.3 Å². The first kappa shape index (κ1) is 14.5. The average Bonchev–Trinajstić information content (AvgIpc) is 3.03. The van der Waals surface area contributed by atoms with Gasteiger partial charge in [-0.2, -0.15) is 0 Å². The summed E-state index contributed by atoms with van der Waals surface area (Å²) in [6.45, 7) is 7.43. The lowest BCUT2D eigenvalue weighted by atomic mass is 9.98. The molecule has 0 unspecified atom stereocenters. The van der Waals surface area contributed by atoms with E-state index in [1.807, 2.05) is 12.3 Å². The normalized spacial score (nSPS) is 13.5. The van der Waals surface area contributed by atoms with Gasteiger partial charge in [-0.25, -0.2) is 4.98 Å². The number of hydrogen-bond donors (Lipinski definition) is 1. The zero-order chi connectivity index (χ0) is 15.0. The van der Waals surface area contributed by atoms with Gasteiger partial charge in [0.15, 0.2) is 11.5 Å². The van der Waals surface area contributed by atoms with Crippen molar-refractivity contribution in [1.82, 2.24) is 4.98 Å². The highest BCUT2D eigenvalue weighted by atomic mass is 35.5. The van der Waals surface area contributed by atoms with Crippen LogP contribution in [0.15, 0.2) is 18.3 Å². The van der Waals surface area contributed by atoms with Crippen molar-refractivity contribution in [2.45, 2.75) is 32.7 Å². The number of benzene rings is 1. The number of anilines is 1. The van der Waals surface area contributed by atoms with Gasteiger partial charge in [0.2, 0.25) is 6.79 Å². The van der Waals surface area contributed by atoms with E-state index in [4.69, 9.17) is 21.1 Å². The first-order chi connectivity index (χ1) is 9.93. The van der Waals surface area contributed by atoms with Gasteiger partial charge in [0.05, 0.1) is 22.3 Å². The molecule has 0 saturated carbocycles. The molecule has 1 aliphatic heterocycles. The van der Waals surface area contributed by atoms with E-state index >= 15 is 0 Å². The van der Waals surface area contributed by atoms with E-state index in [9.17, 15) is 0 Å². The maximum Gasteiger partial charge on any atom is 0.231 e. The number of rotatable bonds is 3. The van der Waals surface area contributed by atoms with Crippen molar-refractivity contribution < 1.29 is 9.47 Å². The van der Waals surface area contributed by atoms with E-state index < -0.39 is 0 Å². The Morgan fingerprint density at radius 3 is 2.67 bits per heavy atom. The molecule has 3 rings (SSSR count). The largest absolute Gasteiger partial charge is 0.454 e. The van der Waals surface area contributed by atoms with E-state index in [2.05, 4.69) is 31.1 Å². The first-order valence-electron chi connectivity index (χ1n) is 6.72.